The molecule has 4 nitrogen and oxygen atoms in total. The van der Waals surface area contributed by atoms with Crippen molar-refractivity contribution in [3.05, 3.63) is 35.9 Å². The Morgan fingerprint density at radius 1 is 1.17 bits per heavy atom. The Labute approximate surface area is 107 Å². The summed E-state index contributed by atoms with van der Waals surface area (Å²) in [5.41, 5.74) is 1.12. The third-order valence-electron chi connectivity index (χ3n) is 2.86. The average molecular weight is 252 g/mol. The standard InChI is InChI=1S/C14H20O4/c1-14(2)17-12(8-15)13(18-14)10-16-9-11-6-4-3-5-7-11/h3-7,12-13,15H,8-10H2,1-2H3/t12-,13-/m0/s1. The first kappa shape index (κ1) is 13.5. The van der Waals surface area contributed by atoms with E-state index >= 15 is 0 Å². The van der Waals surface area contributed by atoms with Gasteiger partial charge in [-0.05, 0) is 19.4 Å². The molecule has 1 aromatic rings. The number of hydrogen-bond donors (Lipinski definition) is 1. The zero-order valence-corrected chi connectivity index (χ0v) is 10.8. The molecule has 0 spiro atoms. The largest absolute Gasteiger partial charge is 0.394 e. The molecule has 0 radical (unpaired) electrons. The summed E-state index contributed by atoms with van der Waals surface area (Å²) < 4.78 is 16.9. The molecule has 1 saturated heterocycles. The number of aliphatic hydroxyl groups excluding tert-OH is 1. The smallest absolute Gasteiger partial charge is 0.163 e. The van der Waals surface area contributed by atoms with Gasteiger partial charge < -0.3 is 19.3 Å². The molecule has 100 valence electrons. The second kappa shape index (κ2) is 5.80. The molecule has 1 aromatic carbocycles. The molecule has 0 amide bonds. The van der Waals surface area contributed by atoms with Crippen molar-refractivity contribution >= 4 is 0 Å². The zero-order chi connectivity index (χ0) is 13.0. The van der Waals surface area contributed by atoms with Gasteiger partial charge in [-0.3, -0.25) is 0 Å². The van der Waals surface area contributed by atoms with Crippen molar-refractivity contribution in [2.45, 2.75) is 38.4 Å². The van der Waals surface area contributed by atoms with E-state index in [1.54, 1.807) is 0 Å². The summed E-state index contributed by atoms with van der Waals surface area (Å²) in [4.78, 5) is 0. The van der Waals surface area contributed by atoms with Gasteiger partial charge in [-0.2, -0.15) is 0 Å². The minimum atomic E-state index is -0.645. The minimum Gasteiger partial charge on any atom is -0.394 e. The predicted octanol–water partition coefficient (Wildman–Crippen LogP) is 1.72. The summed E-state index contributed by atoms with van der Waals surface area (Å²) in [6.07, 6.45) is -0.524. The van der Waals surface area contributed by atoms with Crippen LogP contribution in [-0.2, 0) is 20.8 Å². The Hall–Kier alpha value is -0.940. The lowest BCUT2D eigenvalue weighted by atomic mass is 10.2. The lowest BCUT2D eigenvalue weighted by Crippen LogP contribution is -2.30. The highest BCUT2D eigenvalue weighted by atomic mass is 16.8. The lowest BCUT2D eigenvalue weighted by Gasteiger charge is -2.16. The molecule has 1 aliphatic heterocycles. The van der Waals surface area contributed by atoms with Crippen LogP contribution in [0.25, 0.3) is 0 Å². The molecule has 0 unspecified atom stereocenters. The van der Waals surface area contributed by atoms with Gasteiger partial charge in [0, 0.05) is 0 Å². The third-order valence-corrected chi connectivity index (χ3v) is 2.86. The first-order valence-corrected chi connectivity index (χ1v) is 6.19. The van der Waals surface area contributed by atoms with Crippen molar-refractivity contribution in [2.24, 2.45) is 0 Å². The Kier molecular flexibility index (Phi) is 4.35. The number of hydrogen-bond acceptors (Lipinski definition) is 4. The van der Waals surface area contributed by atoms with Crippen LogP contribution in [-0.4, -0.2) is 36.3 Å². The van der Waals surface area contributed by atoms with Gasteiger partial charge in [0.25, 0.3) is 0 Å². The molecule has 1 fully saturated rings. The third kappa shape index (κ3) is 3.53. The van der Waals surface area contributed by atoms with Crippen LogP contribution in [0.15, 0.2) is 30.3 Å². The number of rotatable bonds is 5. The van der Waals surface area contributed by atoms with Gasteiger partial charge in [-0.1, -0.05) is 30.3 Å². The molecule has 4 heteroatoms. The van der Waals surface area contributed by atoms with Crippen LogP contribution in [0.1, 0.15) is 19.4 Å². The molecular weight excluding hydrogens is 232 g/mol. The van der Waals surface area contributed by atoms with Crippen LogP contribution in [0.4, 0.5) is 0 Å². The van der Waals surface area contributed by atoms with E-state index in [-0.39, 0.29) is 18.8 Å². The molecule has 0 aromatic heterocycles. The average Bonchev–Trinajstić information content (AvgIpc) is 2.65. The first-order valence-electron chi connectivity index (χ1n) is 6.19. The maximum atomic E-state index is 9.22. The number of benzene rings is 1. The molecule has 1 heterocycles. The summed E-state index contributed by atoms with van der Waals surface area (Å²) in [6, 6.07) is 9.96. The molecule has 18 heavy (non-hydrogen) atoms. The van der Waals surface area contributed by atoms with Gasteiger partial charge in [-0.25, -0.2) is 0 Å². The molecular formula is C14H20O4. The first-order chi connectivity index (χ1) is 8.61. The van der Waals surface area contributed by atoms with Gasteiger partial charge in [-0.15, -0.1) is 0 Å². The lowest BCUT2D eigenvalue weighted by molar-refractivity contribution is -0.153. The highest BCUT2D eigenvalue weighted by Crippen LogP contribution is 2.28. The van der Waals surface area contributed by atoms with E-state index in [9.17, 15) is 5.11 Å². The molecule has 0 saturated carbocycles. The van der Waals surface area contributed by atoms with Gasteiger partial charge in [0.2, 0.25) is 0 Å². The number of ether oxygens (including phenoxy) is 3. The summed E-state index contributed by atoms with van der Waals surface area (Å²) in [6.45, 7) is 4.59. The summed E-state index contributed by atoms with van der Waals surface area (Å²) in [5, 5.41) is 9.22. The molecule has 0 aliphatic carbocycles. The van der Waals surface area contributed by atoms with E-state index < -0.39 is 5.79 Å². The van der Waals surface area contributed by atoms with Crippen LogP contribution in [0.3, 0.4) is 0 Å². The predicted molar refractivity (Wildman–Crippen MR) is 67.0 cm³/mol. The van der Waals surface area contributed by atoms with Crippen LogP contribution in [0.2, 0.25) is 0 Å². The normalized spacial score (nSPS) is 26.4. The maximum absolute atomic E-state index is 9.22. The van der Waals surface area contributed by atoms with Gasteiger partial charge in [0.05, 0.1) is 19.8 Å². The Balaban J connectivity index is 1.80. The van der Waals surface area contributed by atoms with Crippen molar-refractivity contribution in [2.75, 3.05) is 13.2 Å². The maximum Gasteiger partial charge on any atom is 0.163 e. The second-order valence-corrected chi connectivity index (χ2v) is 4.90. The van der Waals surface area contributed by atoms with E-state index in [1.165, 1.54) is 0 Å². The topological polar surface area (TPSA) is 47.9 Å². The fourth-order valence-electron chi connectivity index (χ4n) is 2.07. The van der Waals surface area contributed by atoms with E-state index in [4.69, 9.17) is 14.2 Å². The second-order valence-electron chi connectivity index (χ2n) is 4.90. The van der Waals surface area contributed by atoms with Crippen molar-refractivity contribution in [3.8, 4) is 0 Å². The van der Waals surface area contributed by atoms with Crippen molar-refractivity contribution < 1.29 is 19.3 Å². The van der Waals surface area contributed by atoms with Gasteiger partial charge in [0.15, 0.2) is 5.79 Å². The summed E-state index contributed by atoms with van der Waals surface area (Å²) >= 11 is 0. The fourth-order valence-corrected chi connectivity index (χ4v) is 2.07. The van der Waals surface area contributed by atoms with Gasteiger partial charge >= 0.3 is 0 Å². The Bertz CT molecular complexity index is 363. The van der Waals surface area contributed by atoms with Crippen molar-refractivity contribution in [3.63, 3.8) is 0 Å². The highest BCUT2D eigenvalue weighted by Gasteiger charge is 2.40. The number of aliphatic hydroxyl groups is 1. The molecule has 2 rings (SSSR count). The van der Waals surface area contributed by atoms with E-state index in [0.717, 1.165) is 5.56 Å². The molecule has 1 N–H and O–H groups in total. The van der Waals surface area contributed by atoms with Crippen LogP contribution in [0.5, 0.6) is 0 Å². The molecule has 1 aliphatic rings. The highest BCUT2D eigenvalue weighted by molar-refractivity contribution is 5.13. The van der Waals surface area contributed by atoms with Crippen molar-refractivity contribution in [1.29, 1.82) is 0 Å². The molecule has 0 bridgehead atoms. The Morgan fingerprint density at radius 2 is 1.83 bits per heavy atom. The van der Waals surface area contributed by atoms with Crippen LogP contribution in [0, 0.1) is 0 Å². The van der Waals surface area contributed by atoms with Crippen molar-refractivity contribution in [1.82, 2.24) is 0 Å². The zero-order valence-electron chi connectivity index (χ0n) is 10.8. The van der Waals surface area contributed by atoms with E-state index in [0.29, 0.717) is 13.2 Å². The van der Waals surface area contributed by atoms with E-state index in [1.807, 2.05) is 44.2 Å². The minimum absolute atomic E-state index is 0.0528. The van der Waals surface area contributed by atoms with Crippen LogP contribution >= 0.6 is 0 Å². The monoisotopic (exact) mass is 252 g/mol. The molecule has 2 atom stereocenters. The fraction of sp³-hybridized carbons (Fsp3) is 0.571. The van der Waals surface area contributed by atoms with Gasteiger partial charge in [0.1, 0.15) is 12.2 Å². The van der Waals surface area contributed by atoms with E-state index in [2.05, 4.69) is 0 Å². The van der Waals surface area contributed by atoms with Crippen LogP contribution < -0.4 is 0 Å². The quantitative estimate of drug-likeness (QED) is 0.866. The Morgan fingerprint density at radius 3 is 2.50 bits per heavy atom. The summed E-state index contributed by atoms with van der Waals surface area (Å²) in [7, 11) is 0. The SMILES string of the molecule is CC1(C)O[C@@H](CO)[C@H](COCc2ccccc2)O1. The summed E-state index contributed by atoms with van der Waals surface area (Å²) in [5.74, 6) is -0.645.